The summed E-state index contributed by atoms with van der Waals surface area (Å²) >= 11 is 5.37. The van der Waals surface area contributed by atoms with E-state index in [0.717, 1.165) is 6.07 Å². The SMILES string of the molecule is O=[N+]([O-])c1ccc(/C(CCl)=N/O)o1. The van der Waals surface area contributed by atoms with E-state index < -0.39 is 10.8 Å². The molecule has 6 nitrogen and oxygen atoms in total. The average Bonchev–Trinajstić information content (AvgIpc) is 2.56. The Kier molecular flexibility index (Phi) is 2.86. The van der Waals surface area contributed by atoms with Gasteiger partial charge in [-0.25, -0.2) is 0 Å². The molecule has 1 N–H and O–H groups in total. The first-order valence-electron chi connectivity index (χ1n) is 3.20. The molecule has 0 amide bonds. The first-order valence-corrected chi connectivity index (χ1v) is 3.74. The Morgan fingerprint density at radius 1 is 1.77 bits per heavy atom. The lowest BCUT2D eigenvalue weighted by Crippen LogP contribution is -2.00. The molecule has 13 heavy (non-hydrogen) atoms. The number of nitrogens with zero attached hydrogens (tertiary/aromatic N) is 2. The number of oxime groups is 1. The number of hydrogen-bond acceptors (Lipinski definition) is 5. The second-order valence-electron chi connectivity index (χ2n) is 2.08. The summed E-state index contributed by atoms with van der Waals surface area (Å²) in [4.78, 5) is 9.50. The Morgan fingerprint density at radius 2 is 2.46 bits per heavy atom. The molecule has 0 aliphatic rings. The highest BCUT2D eigenvalue weighted by Crippen LogP contribution is 2.16. The van der Waals surface area contributed by atoms with Crippen LogP contribution in [0.15, 0.2) is 21.7 Å². The molecular weight excluding hydrogens is 200 g/mol. The fourth-order valence-electron chi connectivity index (χ4n) is 0.723. The van der Waals surface area contributed by atoms with Gasteiger partial charge < -0.3 is 9.62 Å². The quantitative estimate of drug-likeness (QED) is 0.266. The van der Waals surface area contributed by atoms with Gasteiger partial charge in [0.15, 0.2) is 5.76 Å². The summed E-state index contributed by atoms with van der Waals surface area (Å²) in [5.74, 6) is -0.410. The van der Waals surface area contributed by atoms with E-state index in [4.69, 9.17) is 21.2 Å². The zero-order valence-corrected chi connectivity index (χ0v) is 7.06. The molecule has 1 aromatic rings. The van der Waals surface area contributed by atoms with Crippen molar-refractivity contribution in [1.82, 2.24) is 0 Å². The molecule has 70 valence electrons. The molecule has 0 aliphatic carbocycles. The molecule has 1 heterocycles. The Hall–Kier alpha value is -1.56. The van der Waals surface area contributed by atoms with Crippen LogP contribution >= 0.6 is 11.6 Å². The molecule has 7 heteroatoms. The minimum atomic E-state index is -0.688. The maximum atomic E-state index is 10.2. The Morgan fingerprint density at radius 3 is 2.85 bits per heavy atom. The van der Waals surface area contributed by atoms with E-state index in [1.54, 1.807) is 0 Å². The van der Waals surface area contributed by atoms with Crippen LogP contribution in [0.3, 0.4) is 0 Å². The van der Waals surface area contributed by atoms with Gasteiger partial charge in [0.2, 0.25) is 0 Å². The highest BCUT2D eigenvalue weighted by Gasteiger charge is 2.15. The smallest absolute Gasteiger partial charge is 0.410 e. The van der Waals surface area contributed by atoms with Crippen molar-refractivity contribution in [2.75, 3.05) is 5.88 Å². The third-order valence-corrected chi connectivity index (χ3v) is 1.56. The average molecular weight is 205 g/mol. The van der Waals surface area contributed by atoms with Gasteiger partial charge in [-0.1, -0.05) is 5.16 Å². The third-order valence-electron chi connectivity index (χ3n) is 1.30. The number of rotatable bonds is 3. The number of hydrogen-bond donors (Lipinski definition) is 1. The Labute approximate surface area is 77.6 Å². The molecule has 0 spiro atoms. The molecule has 1 aromatic heterocycles. The summed E-state index contributed by atoms with van der Waals surface area (Å²) in [6.45, 7) is 0. The van der Waals surface area contributed by atoms with Crippen molar-refractivity contribution >= 4 is 23.2 Å². The van der Waals surface area contributed by atoms with Gasteiger partial charge in [0.25, 0.3) is 0 Å². The second kappa shape index (κ2) is 3.90. The van der Waals surface area contributed by atoms with Gasteiger partial charge in [-0.05, 0) is 6.07 Å². The molecule has 0 atom stereocenters. The van der Waals surface area contributed by atoms with Crippen molar-refractivity contribution in [2.45, 2.75) is 0 Å². The number of halogens is 1. The van der Waals surface area contributed by atoms with E-state index in [1.165, 1.54) is 6.07 Å². The highest BCUT2D eigenvalue weighted by atomic mass is 35.5. The van der Waals surface area contributed by atoms with Crippen LogP contribution in [0.1, 0.15) is 5.76 Å². The van der Waals surface area contributed by atoms with Crippen LogP contribution in [0, 0.1) is 10.1 Å². The molecule has 0 saturated heterocycles. The lowest BCUT2D eigenvalue weighted by atomic mass is 10.3. The molecule has 0 saturated carbocycles. The maximum absolute atomic E-state index is 10.2. The summed E-state index contributed by atoms with van der Waals surface area (Å²) in [6, 6.07) is 2.47. The lowest BCUT2D eigenvalue weighted by molar-refractivity contribution is -0.402. The molecule has 0 fully saturated rings. The van der Waals surface area contributed by atoms with Crippen molar-refractivity contribution in [3.63, 3.8) is 0 Å². The normalized spacial score (nSPS) is 11.6. The predicted octanol–water partition coefficient (Wildman–Crippen LogP) is 1.60. The summed E-state index contributed by atoms with van der Waals surface area (Å²) in [7, 11) is 0. The van der Waals surface area contributed by atoms with Crippen LogP contribution < -0.4 is 0 Å². The topological polar surface area (TPSA) is 88.9 Å². The van der Waals surface area contributed by atoms with E-state index >= 15 is 0 Å². The van der Waals surface area contributed by atoms with Crippen LogP contribution in [0.2, 0.25) is 0 Å². The Bertz CT molecular complexity index is 346. The Balaban J connectivity index is 2.97. The summed E-state index contributed by atoms with van der Waals surface area (Å²) in [5, 5.41) is 21.4. The standard InChI is InChI=1S/C6H5ClN2O4/c7-3-4(8-10)5-1-2-6(13-5)9(11)12/h1-2,10H,3H2/b8-4+. The molecule has 0 unspecified atom stereocenters. The molecule has 0 bridgehead atoms. The number of alkyl halides is 1. The van der Waals surface area contributed by atoms with Crippen molar-refractivity contribution in [2.24, 2.45) is 5.16 Å². The molecule has 0 aromatic carbocycles. The first-order chi connectivity index (χ1) is 6.19. The zero-order chi connectivity index (χ0) is 9.84. The third kappa shape index (κ3) is 1.97. The van der Waals surface area contributed by atoms with Crippen molar-refractivity contribution in [1.29, 1.82) is 0 Å². The monoisotopic (exact) mass is 204 g/mol. The minimum absolute atomic E-state index is 0.0507. The van der Waals surface area contributed by atoms with E-state index in [-0.39, 0.29) is 17.4 Å². The summed E-state index contributed by atoms with van der Waals surface area (Å²) < 4.78 is 4.71. The van der Waals surface area contributed by atoms with Gasteiger partial charge in [-0.15, -0.1) is 11.6 Å². The van der Waals surface area contributed by atoms with E-state index in [0.29, 0.717) is 0 Å². The zero-order valence-electron chi connectivity index (χ0n) is 6.31. The van der Waals surface area contributed by atoms with Crippen LogP contribution in [0.25, 0.3) is 0 Å². The van der Waals surface area contributed by atoms with Crippen LogP contribution in [-0.4, -0.2) is 21.7 Å². The predicted molar refractivity (Wildman–Crippen MR) is 44.4 cm³/mol. The van der Waals surface area contributed by atoms with Crippen molar-refractivity contribution in [3.8, 4) is 0 Å². The van der Waals surface area contributed by atoms with Gasteiger partial charge >= 0.3 is 5.88 Å². The lowest BCUT2D eigenvalue weighted by Gasteiger charge is -1.91. The fraction of sp³-hybridized carbons (Fsp3) is 0.167. The van der Waals surface area contributed by atoms with E-state index in [2.05, 4.69) is 5.16 Å². The number of nitro groups is 1. The molecule has 0 radical (unpaired) electrons. The van der Waals surface area contributed by atoms with Crippen LogP contribution in [0.4, 0.5) is 5.88 Å². The van der Waals surface area contributed by atoms with Crippen LogP contribution in [0.5, 0.6) is 0 Å². The van der Waals surface area contributed by atoms with Gasteiger partial charge in [0, 0.05) is 0 Å². The highest BCUT2D eigenvalue weighted by molar-refractivity contribution is 6.31. The van der Waals surface area contributed by atoms with Crippen molar-refractivity contribution in [3.05, 3.63) is 28.0 Å². The van der Waals surface area contributed by atoms with E-state index in [9.17, 15) is 10.1 Å². The summed E-state index contributed by atoms with van der Waals surface area (Å²) in [6.07, 6.45) is 0. The van der Waals surface area contributed by atoms with Crippen molar-refractivity contribution < 1.29 is 14.5 Å². The van der Waals surface area contributed by atoms with Gasteiger partial charge in [-0.3, -0.25) is 10.1 Å². The first kappa shape index (κ1) is 9.53. The minimum Gasteiger partial charge on any atom is -0.410 e. The maximum Gasteiger partial charge on any atom is 0.433 e. The second-order valence-corrected chi connectivity index (χ2v) is 2.34. The van der Waals surface area contributed by atoms with Gasteiger partial charge in [0.05, 0.1) is 11.9 Å². The largest absolute Gasteiger partial charge is 0.433 e. The molecular formula is C6H5ClN2O4. The number of furan rings is 1. The summed E-state index contributed by atoms with van der Waals surface area (Å²) in [5.41, 5.74) is 0.0507. The van der Waals surface area contributed by atoms with Crippen LogP contribution in [-0.2, 0) is 0 Å². The molecule has 0 aliphatic heterocycles. The molecule has 1 rings (SSSR count). The van der Waals surface area contributed by atoms with Gasteiger partial charge in [-0.2, -0.15) is 0 Å². The van der Waals surface area contributed by atoms with E-state index in [1.807, 2.05) is 0 Å². The fourth-order valence-corrected chi connectivity index (χ4v) is 0.908. The van der Waals surface area contributed by atoms with Gasteiger partial charge in [0.1, 0.15) is 10.6 Å².